The maximum atomic E-state index is 11.5. The monoisotopic (exact) mass is 304 g/mol. The van der Waals surface area contributed by atoms with E-state index in [1.54, 1.807) is 0 Å². The highest BCUT2D eigenvalue weighted by atomic mass is 35.5. The van der Waals surface area contributed by atoms with Gasteiger partial charge in [-0.2, -0.15) is 0 Å². The molecule has 0 radical (unpaired) electrons. The molecule has 0 atom stereocenters. The number of thioether (sulfide) groups is 1. The number of aliphatic carboxylic acids is 1. The first-order valence-corrected chi connectivity index (χ1v) is 6.46. The number of amides is 1. The van der Waals surface area contributed by atoms with Crippen molar-refractivity contribution < 1.29 is 19.6 Å². The number of carboxylic acid groups (broad SMARTS) is 1. The molecule has 0 aliphatic rings. The van der Waals surface area contributed by atoms with Crippen LogP contribution in [0.25, 0.3) is 0 Å². The normalized spacial score (nSPS) is 9.95. The zero-order chi connectivity index (χ0) is 14.4. The largest absolute Gasteiger partial charge is 0.481 e. The van der Waals surface area contributed by atoms with Crippen molar-refractivity contribution in [2.75, 3.05) is 16.8 Å². The minimum Gasteiger partial charge on any atom is -0.481 e. The van der Waals surface area contributed by atoms with Crippen molar-refractivity contribution in [1.82, 2.24) is 0 Å². The smallest absolute Gasteiger partial charge is 0.313 e. The summed E-state index contributed by atoms with van der Waals surface area (Å²) >= 11 is 6.53. The number of halogens is 1. The summed E-state index contributed by atoms with van der Waals surface area (Å²) in [6, 6.07) is 3.86. The zero-order valence-corrected chi connectivity index (χ0v) is 11.0. The van der Waals surface area contributed by atoms with Crippen molar-refractivity contribution in [3.05, 3.63) is 33.3 Å². The summed E-state index contributed by atoms with van der Waals surface area (Å²) in [5.74, 6) is -1.87. The van der Waals surface area contributed by atoms with E-state index in [9.17, 15) is 19.7 Å². The van der Waals surface area contributed by atoms with Crippen molar-refractivity contribution in [2.45, 2.75) is 0 Å². The van der Waals surface area contributed by atoms with E-state index >= 15 is 0 Å². The van der Waals surface area contributed by atoms with Crippen molar-refractivity contribution in [1.29, 1.82) is 0 Å². The minimum atomic E-state index is -1.03. The molecule has 0 saturated carbocycles. The molecule has 0 bridgehead atoms. The Morgan fingerprint density at radius 1 is 1.42 bits per heavy atom. The molecule has 0 heterocycles. The molecule has 19 heavy (non-hydrogen) atoms. The predicted molar refractivity (Wildman–Crippen MR) is 71.7 cm³/mol. The van der Waals surface area contributed by atoms with Crippen LogP contribution in [0.4, 0.5) is 11.4 Å². The third-order valence-corrected chi connectivity index (χ3v) is 3.04. The number of rotatable bonds is 6. The molecule has 0 aromatic heterocycles. The first-order chi connectivity index (χ1) is 8.90. The van der Waals surface area contributed by atoms with Crippen LogP contribution >= 0.6 is 23.4 Å². The predicted octanol–water partition coefficient (Wildman–Crippen LogP) is 2.00. The molecular weight excluding hydrogens is 296 g/mol. The van der Waals surface area contributed by atoms with E-state index in [0.717, 1.165) is 17.8 Å². The molecule has 1 aromatic rings. The molecule has 1 rings (SSSR count). The van der Waals surface area contributed by atoms with Crippen LogP contribution in [0, 0.1) is 10.1 Å². The van der Waals surface area contributed by atoms with Gasteiger partial charge in [-0.1, -0.05) is 11.6 Å². The molecule has 0 fully saturated rings. The van der Waals surface area contributed by atoms with Crippen LogP contribution < -0.4 is 5.32 Å². The van der Waals surface area contributed by atoms with E-state index in [-0.39, 0.29) is 27.9 Å². The van der Waals surface area contributed by atoms with Gasteiger partial charge in [-0.3, -0.25) is 19.7 Å². The SMILES string of the molecule is O=C(O)CSCC(=O)Nc1ccc(Cl)cc1[N+](=O)[O-]. The second kappa shape index (κ2) is 6.95. The van der Waals surface area contributed by atoms with Gasteiger partial charge >= 0.3 is 5.97 Å². The quantitative estimate of drug-likeness (QED) is 0.614. The number of carboxylic acids is 1. The van der Waals surface area contributed by atoms with Gasteiger partial charge in [0.2, 0.25) is 5.91 Å². The van der Waals surface area contributed by atoms with E-state index in [0.29, 0.717) is 0 Å². The fraction of sp³-hybridized carbons (Fsp3) is 0.200. The molecule has 0 aliphatic heterocycles. The number of nitro benzene ring substituents is 1. The van der Waals surface area contributed by atoms with Gasteiger partial charge in [-0.15, -0.1) is 11.8 Å². The molecule has 0 spiro atoms. The van der Waals surface area contributed by atoms with Gasteiger partial charge in [0, 0.05) is 11.1 Å². The molecule has 102 valence electrons. The van der Waals surface area contributed by atoms with Crippen molar-refractivity contribution in [3.63, 3.8) is 0 Å². The summed E-state index contributed by atoms with van der Waals surface area (Å²) in [4.78, 5) is 31.8. The van der Waals surface area contributed by atoms with E-state index < -0.39 is 16.8 Å². The lowest BCUT2D eigenvalue weighted by molar-refractivity contribution is -0.383. The second-order valence-electron chi connectivity index (χ2n) is 3.35. The number of anilines is 1. The average molecular weight is 305 g/mol. The van der Waals surface area contributed by atoms with Gasteiger partial charge < -0.3 is 10.4 Å². The first-order valence-electron chi connectivity index (χ1n) is 4.93. The van der Waals surface area contributed by atoms with Crippen molar-refractivity contribution in [3.8, 4) is 0 Å². The Hall–Kier alpha value is -1.80. The maximum Gasteiger partial charge on any atom is 0.313 e. The number of carbonyl (C=O) groups is 2. The van der Waals surface area contributed by atoms with Crippen LogP contribution in [0.1, 0.15) is 0 Å². The van der Waals surface area contributed by atoms with E-state index in [2.05, 4.69) is 5.32 Å². The van der Waals surface area contributed by atoms with Gasteiger partial charge in [-0.05, 0) is 12.1 Å². The summed E-state index contributed by atoms with van der Waals surface area (Å²) < 4.78 is 0. The Kier molecular flexibility index (Phi) is 5.58. The fourth-order valence-electron chi connectivity index (χ4n) is 1.18. The van der Waals surface area contributed by atoms with E-state index in [1.165, 1.54) is 12.1 Å². The molecule has 1 aromatic carbocycles. The Balaban J connectivity index is 2.68. The standard InChI is InChI=1S/C10H9ClN2O5S/c11-6-1-2-7(8(3-6)13(17)18)12-9(14)4-19-5-10(15)16/h1-3H,4-5H2,(H,12,14)(H,15,16). The summed E-state index contributed by atoms with van der Waals surface area (Å²) in [7, 11) is 0. The number of nitro groups is 1. The highest BCUT2D eigenvalue weighted by molar-refractivity contribution is 8.00. The summed E-state index contributed by atoms with van der Waals surface area (Å²) in [5.41, 5.74) is -0.292. The molecule has 9 heteroatoms. The highest BCUT2D eigenvalue weighted by Gasteiger charge is 2.16. The van der Waals surface area contributed by atoms with Gasteiger partial charge in [0.15, 0.2) is 0 Å². The highest BCUT2D eigenvalue weighted by Crippen LogP contribution is 2.27. The van der Waals surface area contributed by atoms with Gasteiger partial charge in [0.25, 0.3) is 5.69 Å². The topological polar surface area (TPSA) is 110 Å². The molecule has 7 nitrogen and oxygen atoms in total. The number of nitrogens with zero attached hydrogens (tertiary/aromatic N) is 1. The number of benzene rings is 1. The zero-order valence-electron chi connectivity index (χ0n) is 9.46. The van der Waals surface area contributed by atoms with Crippen LogP contribution in [-0.4, -0.2) is 33.4 Å². The minimum absolute atomic E-state index is 0.0234. The number of hydrogen-bond donors (Lipinski definition) is 2. The van der Waals surface area contributed by atoms with Crippen LogP contribution in [0.2, 0.25) is 5.02 Å². The Labute approximate surface area is 117 Å². The van der Waals surface area contributed by atoms with Gasteiger partial charge in [-0.25, -0.2) is 0 Å². The van der Waals surface area contributed by atoms with Crippen LogP contribution in [-0.2, 0) is 9.59 Å². The third-order valence-electron chi connectivity index (χ3n) is 1.89. The van der Waals surface area contributed by atoms with E-state index in [1.807, 2.05) is 0 Å². The lowest BCUT2D eigenvalue weighted by Gasteiger charge is -2.05. The molecule has 0 saturated heterocycles. The van der Waals surface area contributed by atoms with Crippen molar-refractivity contribution in [2.24, 2.45) is 0 Å². The average Bonchev–Trinajstić information content (AvgIpc) is 2.30. The van der Waals surface area contributed by atoms with Crippen LogP contribution in [0.3, 0.4) is 0 Å². The van der Waals surface area contributed by atoms with Gasteiger partial charge in [0.1, 0.15) is 5.69 Å². The number of nitrogens with one attached hydrogen (secondary N) is 1. The summed E-state index contributed by atoms with van der Waals surface area (Å²) in [6.07, 6.45) is 0. The molecule has 0 unspecified atom stereocenters. The van der Waals surface area contributed by atoms with Crippen molar-refractivity contribution >= 4 is 46.6 Å². The van der Waals surface area contributed by atoms with Crippen LogP contribution in [0.5, 0.6) is 0 Å². The summed E-state index contributed by atoms with van der Waals surface area (Å²) in [5, 5.41) is 21.7. The molecular formula is C10H9ClN2O5S. The number of carbonyl (C=O) groups excluding carboxylic acids is 1. The first kappa shape index (κ1) is 15.3. The second-order valence-corrected chi connectivity index (χ2v) is 4.78. The van der Waals surface area contributed by atoms with Crippen LogP contribution in [0.15, 0.2) is 18.2 Å². The lowest BCUT2D eigenvalue weighted by Crippen LogP contribution is -2.16. The fourth-order valence-corrected chi connectivity index (χ4v) is 1.88. The maximum absolute atomic E-state index is 11.5. The number of hydrogen-bond acceptors (Lipinski definition) is 5. The Morgan fingerprint density at radius 2 is 2.11 bits per heavy atom. The molecule has 0 aliphatic carbocycles. The Bertz CT molecular complexity index is 523. The molecule has 1 amide bonds. The summed E-state index contributed by atoms with van der Waals surface area (Å²) in [6.45, 7) is 0. The Morgan fingerprint density at radius 3 is 2.68 bits per heavy atom. The van der Waals surface area contributed by atoms with Gasteiger partial charge in [0.05, 0.1) is 16.4 Å². The third kappa shape index (κ3) is 5.14. The van der Waals surface area contributed by atoms with E-state index in [4.69, 9.17) is 16.7 Å². The lowest BCUT2D eigenvalue weighted by atomic mass is 10.2. The molecule has 2 N–H and O–H groups in total.